The second-order valence-electron chi connectivity index (χ2n) is 13.9. The number of carbonyl (C=O) groups excluding carboxylic acids is 6. The molecule has 0 aromatic rings. The van der Waals surface area contributed by atoms with Crippen LogP contribution in [0.1, 0.15) is 100 Å². The van der Waals surface area contributed by atoms with Crippen molar-refractivity contribution in [2.24, 2.45) is 23.7 Å². The SMILES string of the molecule is CCC(=O)C1CCCN1C(=O)C(NC(=O)C1CCCN1C(=O)C(NC(=O)C1CCCN1C(=O)C(C)C(C)C)C(C)C)C(C)C. The molecule has 3 saturated heterocycles. The van der Waals surface area contributed by atoms with Gasteiger partial charge in [0, 0.05) is 32.0 Å². The van der Waals surface area contributed by atoms with Gasteiger partial charge in [0.2, 0.25) is 29.5 Å². The predicted octanol–water partition coefficient (Wildman–Crippen LogP) is 2.51. The third-order valence-corrected chi connectivity index (χ3v) is 9.78. The fraction of sp³-hybridized carbons (Fsp3) is 0.818. The maximum Gasteiger partial charge on any atom is 0.246 e. The summed E-state index contributed by atoms with van der Waals surface area (Å²) < 4.78 is 0. The lowest BCUT2D eigenvalue weighted by Gasteiger charge is -2.34. The van der Waals surface area contributed by atoms with Crippen LogP contribution in [0.5, 0.6) is 0 Å². The molecule has 0 aromatic carbocycles. The molecule has 11 nitrogen and oxygen atoms in total. The van der Waals surface area contributed by atoms with E-state index < -0.39 is 36.1 Å². The molecule has 0 bridgehead atoms. The predicted molar refractivity (Wildman–Crippen MR) is 167 cm³/mol. The number of rotatable bonds is 12. The number of amides is 5. The van der Waals surface area contributed by atoms with E-state index in [-0.39, 0.29) is 53.1 Å². The zero-order valence-electron chi connectivity index (χ0n) is 28.1. The monoisotopic (exact) mass is 617 g/mol. The average Bonchev–Trinajstić information content (AvgIpc) is 3.76. The van der Waals surface area contributed by atoms with E-state index in [4.69, 9.17) is 0 Å². The summed E-state index contributed by atoms with van der Waals surface area (Å²) in [7, 11) is 0. The molecule has 3 aliphatic rings. The number of hydrogen-bond donors (Lipinski definition) is 2. The maximum absolute atomic E-state index is 13.9. The van der Waals surface area contributed by atoms with Crippen molar-refractivity contribution in [2.75, 3.05) is 19.6 Å². The first-order valence-corrected chi connectivity index (χ1v) is 16.8. The Labute approximate surface area is 263 Å². The summed E-state index contributed by atoms with van der Waals surface area (Å²) in [5, 5.41) is 5.86. The summed E-state index contributed by atoms with van der Waals surface area (Å²) in [5.74, 6) is -1.88. The quantitative estimate of drug-likeness (QED) is 0.346. The third-order valence-electron chi connectivity index (χ3n) is 9.78. The summed E-state index contributed by atoms with van der Waals surface area (Å²) in [4.78, 5) is 85.0. The lowest BCUT2D eigenvalue weighted by molar-refractivity contribution is -0.146. The Kier molecular flexibility index (Phi) is 12.4. The second-order valence-corrected chi connectivity index (χ2v) is 13.9. The van der Waals surface area contributed by atoms with Crippen molar-refractivity contribution in [3.63, 3.8) is 0 Å². The van der Waals surface area contributed by atoms with Crippen LogP contribution in [0.2, 0.25) is 0 Å². The van der Waals surface area contributed by atoms with Gasteiger partial charge in [-0.1, -0.05) is 55.4 Å². The molecule has 3 aliphatic heterocycles. The van der Waals surface area contributed by atoms with Crippen molar-refractivity contribution in [1.29, 1.82) is 0 Å². The summed E-state index contributed by atoms with van der Waals surface area (Å²) in [6, 6.07) is -3.51. The molecule has 3 rings (SSSR count). The minimum absolute atomic E-state index is 0.0264. The molecule has 6 unspecified atom stereocenters. The Morgan fingerprint density at radius 1 is 0.568 bits per heavy atom. The highest BCUT2D eigenvalue weighted by Gasteiger charge is 2.44. The van der Waals surface area contributed by atoms with Gasteiger partial charge in [0.15, 0.2) is 5.78 Å². The van der Waals surface area contributed by atoms with Crippen LogP contribution in [0.15, 0.2) is 0 Å². The summed E-state index contributed by atoms with van der Waals surface area (Å²) in [6.45, 7) is 16.4. The molecule has 248 valence electrons. The lowest BCUT2D eigenvalue weighted by atomic mass is 9.96. The van der Waals surface area contributed by atoms with E-state index in [1.54, 1.807) is 16.7 Å². The first-order chi connectivity index (χ1) is 20.7. The number of hydrogen-bond acceptors (Lipinski definition) is 6. The Morgan fingerprint density at radius 3 is 1.30 bits per heavy atom. The largest absolute Gasteiger partial charge is 0.342 e. The van der Waals surface area contributed by atoms with Crippen molar-refractivity contribution in [3.05, 3.63) is 0 Å². The third kappa shape index (κ3) is 7.80. The van der Waals surface area contributed by atoms with Gasteiger partial charge in [-0.2, -0.15) is 0 Å². The number of carbonyl (C=O) groups is 6. The van der Waals surface area contributed by atoms with E-state index in [1.165, 1.54) is 4.90 Å². The van der Waals surface area contributed by atoms with E-state index >= 15 is 0 Å². The van der Waals surface area contributed by atoms with Crippen LogP contribution in [0, 0.1) is 23.7 Å². The molecule has 11 heteroatoms. The molecule has 0 radical (unpaired) electrons. The Bertz CT molecular complexity index is 1090. The van der Waals surface area contributed by atoms with Crippen LogP contribution >= 0.6 is 0 Å². The highest BCUT2D eigenvalue weighted by Crippen LogP contribution is 2.26. The Morgan fingerprint density at radius 2 is 0.932 bits per heavy atom. The average molecular weight is 618 g/mol. The van der Waals surface area contributed by atoms with E-state index in [9.17, 15) is 28.8 Å². The van der Waals surface area contributed by atoms with Crippen LogP contribution in [-0.4, -0.2) is 99.9 Å². The summed E-state index contributed by atoms with van der Waals surface area (Å²) in [6.07, 6.45) is 4.08. The number of likely N-dealkylation sites (tertiary alicyclic amines) is 3. The molecule has 5 amide bonds. The lowest BCUT2D eigenvalue weighted by Crippen LogP contribution is -2.60. The fourth-order valence-electron chi connectivity index (χ4n) is 6.64. The Balaban J connectivity index is 1.71. The summed E-state index contributed by atoms with van der Waals surface area (Å²) >= 11 is 0. The van der Waals surface area contributed by atoms with Gasteiger partial charge >= 0.3 is 0 Å². The van der Waals surface area contributed by atoms with Crippen LogP contribution in [0.25, 0.3) is 0 Å². The van der Waals surface area contributed by atoms with E-state index in [0.717, 1.165) is 12.8 Å². The Hall–Kier alpha value is -2.98. The van der Waals surface area contributed by atoms with Gasteiger partial charge in [-0.25, -0.2) is 0 Å². The molecule has 2 N–H and O–H groups in total. The maximum atomic E-state index is 13.9. The van der Waals surface area contributed by atoms with Crippen LogP contribution in [0.3, 0.4) is 0 Å². The number of ketones is 1. The minimum Gasteiger partial charge on any atom is -0.342 e. The second kappa shape index (κ2) is 15.3. The van der Waals surface area contributed by atoms with Crippen LogP contribution < -0.4 is 10.6 Å². The van der Waals surface area contributed by atoms with Gasteiger partial charge in [-0.05, 0) is 56.3 Å². The van der Waals surface area contributed by atoms with Crippen molar-refractivity contribution in [1.82, 2.24) is 25.3 Å². The first kappa shape index (κ1) is 35.5. The van der Waals surface area contributed by atoms with Crippen molar-refractivity contribution < 1.29 is 28.8 Å². The molecule has 0 spiro atoms. The molecule has 6 atom stereocenters. The minimum atomic E-state index is -0.857. The number of nitrogens with zero attached hydrogens (tertiary/aromatic N) is 3. The summed E-state index contributed by atoms with van der Waals surface area (Å²) in [5.41, 5.74) is 0. The van der Waals surface area contributed by atoms with Gasteiger partial charge in [-0.3, -0.25) is 28.8 Å². The van der Waals surface area contributed by atoms with Gasteiger partial charge in [0.1, 0.15) is 24.2 Å². The zero-order chi connectivity index (χ0) is 32.9. The van der Waals surface area contributed by atoms with Crippen molar-refractivity contribution in [3.8, 4) is 0 Å². The topological polar surface area (TPSA) is 136 Å². The fourth-order valence-corrected chi connectivity index (χ4v) is 6.64. The standard InChI is InChI=1S/C33H55N5O6/c1-9-26(39)23-13-10-16-36(23)32(43)27(20(4)5)34-30(41)25-15-12-18-38(25)33(44)28(21(6)7)35-29(40)24-14-11-17-37(24)31(42)22(8)19(2)3/h19-25,27-28H,9-18H2,1-8H3,(H,34,41)(H,35,40). The first-order valence-electron chi connectivity index (χ1n) is 16.8. The van der Waals surface area contributed by atoms with E-state index in [1.807, 2.05) is 48.5 Å². The normalized spacial score (nSPS) is 24.2. The van der Waals surface area contributed by atoms with Crippen LogP contribution in [0.4, 0.5) is 0 Å². The molecular weight excluding hydrogens is 562 g/mol. The van der Waals surface area contributed by atoms with Gasteiger partial charge in [-0.15, -0.1) is 0 Å². The molecule has 3 heterocycles. The van der Waals surface area contributed by atoms with Crippen molar-refractivity contribution in [2.45, 2.75) is 131 Å². The molecule has 44 heavy (non-hydrogen) atoms. The van der Waals surface area contributed by atoms with E-state index in [0.29, 0.717) is 51.7 Å². The van der Waals surface area contributed by atoms with Gasteiger partial charge < -0.3 is 25.3 Å². The molecule has 0 aliphatic carbocycles. The van der Waals surface area contributed by atoms with Gasteiger partial charge in [0.05, 0.1) is 6.04 Å². The molecule has 0 aromatic heterocycles. The van der Waals surface area contributed by atoms with Crippen molar-refractivity contribution >= 4 is 35.3 Å². The highest BCUT2D eigenvalue weighted by atomic mass is 16.2. The van der Waals surface area contributed by atoms with E-state index in [2.05, 4.69) is 10.6 Å². The molecule has 3 fully saturated rings. The highest BCUT2D eigenvalue weighted by molar-refractivity contribution is 5.97. The number of nitrogens with one attached hydrogen (secondary N) is 2. The molecular formula is C33H55N5O6. The zero-order valence-corrected chi connectivity index (χ0v) is 28.1. The number of Topliss-reactive ketones (excluding diaryl/α,β-unsaturated/α-hetero) is 1. The molecule has 0 saturated carbocycles. The van der Waals surface area contributed by atoms with Gasteiger partial charge in [0.25, 0.3) is 0 Å². The smallest absolute Gasteiger partial charge is 0.246 e. The van der Waals surface area contributed by atoms with Crippen LogP contribution in [-0.2, 0) is 28.8 Å².